The Morgan fingerprint density at radius 2 is 1.43 bits per heavy atom. The molecule has 0 saturated heterocycles. The number of hydrogen-bond donors (Lipinski definition) is 0. The standard InChI is InChI=1S/C16H30NO3PSi2/c1-14(18)17(2)16(15-12-10-9-11-13-15)21(19-22(3,4)5)20-23(6,7)8/h9-13,16H,1-8H3. The quantitative estimate of drug-likeness (QED) is 0.490. The van der Waals surface area contributed by atoms with E-state index < -0.39 is 25.0 Å². The molecule has 0 heterocycles. The molecule has 1 aromatic carbocycles. The number of carbonyl (C=O) groups excluding carboxylic acids is 1. The van der Waals surface area contributed by atoms with E-state index in [0.29, 0.717) is 0 Å². The minimum atomic E-state index is -1.81. The van der Waals surface area contributed by atoms with E-state index in [1.54, 1.807) is 11.8 Å². The summed E-state index contributed by atoms with van der Waals surface area (Å²) in [6.45, 7) is 14.5. The zero-order valence-corrected chi connectivity index (χ0v) is 18.5. The van der Waals surface area contributed by atoms with Gasteiger partial charge >= 0.3 is 0 Å². The van der Waals surface area contributed by atoms with Gasteiger partial charge in [0.15, 0.2) is 25.0 Å². The van der Waals surface area contributed by atoms with Gasteiger partial charge in [-0.15, -0.1) is 0 Å². The predicted molar refractivity (Wildman–Crippen MR) is 103 cm³/mol. The first-order chi connectivity index (χ1) is 10.4. The largest absolute Gasteiger partial charge is 0.375 e. The van der Waals surface area contributed by atoms with Gasteiger partial charge in [0.1, 0.15) is 5.78 Å². The monoisotopic (exact) mass is 371 g/mol. The van der Waals surface area contributed by atoms with Crippen molar-refractivity contribution < 1.29 is 13.2 Å². The van der Waals surface area contributed by atoms with Crippen molar-refractivity contribution >= 4 is 30.9 Å². The fourth-order valence-electron chi connectivity index (χ4n) is 1.94. The molecule has 130 valence electrons. The summed E-state index contributed by atoms with van der Waals surface area (Å²) in [5.41, 5.74) is 1.06. The topological polar surface area (TPSA) is 38.8 Å². The van der Waals surface area contributed by atoms with Crippen LogP contribution in [0.4, 0.5) is 0 Å². The SMILES string of the molecule is CC(=O)N(C)C(c1ccccc1)P(O[Si](C)(C)C)O[Si](C)(C)C. The fraction of sp³-hybridized carbons (Fsp3) is 0.562. The van der Waals surface area contributed by atoms with E-state index in [-0.39, 0.29) is 11.7 Å². The van der Waals surface area contributed by atoms with E-state index in [0.717, 1.165) is 5.56 Å². The Morgan fingerprint density at radius 1 is 1.00 bits per heavy atom. The molecule has 0 aliphatic rings. The Hall–Kier alpha value is -0.526. The second-order valence-electron chi connectivity index (χ2n) is 7.61. The lowest BCUT2D eigenvalue weighted by atomic mass is 10.2. The van der Waals surface area contributed by atoms with E-state index in [1.807, 2.05) is 37.4 Å². The minimum absolute atomic E-state index is 0.0182. The Balaban J connectivity index is 3.28. The molecular weight excluding hydrogens is 341 g/mol. The molecular formula is C16H30NO3PSi2. The number of rotatable bonds is 7. The summed E-state index contributed by atoms with van der Waals surface area (Å²) < 4.78 is 12.8. The van der Waals surface area contributed by atoms with Gasteiger partial charge in [-0.25, -0.2) is 0 Å². The van der Waals surface area contributed by atoms with Crippen molar-refractivity contribution in [2.24, 2.45) is 0 Å². The van der Waals surface area contributed by atoms with Crippen LogP contribution in [-0.2, 0) is 13.2 Å². The fourth-order valence-corrected chi connectivity index (χ4v) is 8.41. The Kier molecular flexibility index (Phi) is 7.17. The summed E-state index contributed by atoms with van der Waals surface area (Å²) >= 11 is 0. The molecule has 0 N–H and O–H groups in total. The van der Waals surface area contributed by atoms with Crippen molar-refractivity contribution in [3.63, 3.8) is 0 Å². The molecule has 1 rings (SSSR count). The molecule has 0 aliphatic carbocycles. The summed E-state index contributed by atoms with van der Waals surface area (Å²) in [5.74, 6) is -0.160. The van der Waals surface area contributed by atoms with Crippen LogP contribution in [0, 0.1) is 0 Å². The summed E-state index contributed by atoms with van der Waals surface area (Å²) in [7, 11) is -3.01. The van der Waals surface area contributed by atoms with Gasteiger partial charge in [-0.1, -0.05) is 30.3 Å². The molecule has 0 radical (unpaired) electrons. The van der Waals surface area contributed by atoms with Crippen LogP contribution in [0.2, 0.25) is 39.3 Å². The van der Waals surface area contributed by atoms with Crippen molar-refractivity contribution in [1.82, 2.24) is 4.90 Å². The van der Waals surface area contributed by atoms with Gasteiger partial charge in [0.05, 0.1) is 0 Å². The smallest absolute Gasteiger partial charge is 0.220 e. The van der Waals surface area contributed by atoms with Gasteiger partial charge in [0, 0.05) is 14.0 Å². The third kappa shape index (κ3) is 7.27. The number of amides is 1. The van der Waals surface area contributed by atoms with Crippen molar-refractivity contribution in [2.45, 2.75) is 52.0 Å². The van der Waals surface area contributed by atoms with E-state index in [9.17, 15) is 4.79 Å². The normalized spacial score (nSPS) is 14.0. The van der Waals surface area contributed by atoms with Crippen LogP contribution in [0.25, 0.3) is 0 Å². The summed E-state index contributed by atoms with van der Waals surface area (Å²) in [5, 5.41) is 0. The second-order valence-corrected chi connectivity index (χ2v) is 18.6. The van der Waals surface area contributed by atoms with Crippen LogP contribution in [0.3, 0.4) is 0 Å². The zero-order valence-electron chi connectivity index (χ0n) is 15.6. The number of hydrogen-bond acceptors (Lipinski definition) is 3. The predicted octanol–water partition coefficient (Wildman–Crippen LogP) is 5.18. The molecule has 23 heavy (non-hydrogen) atoms. The minimum Gasteiger partial charge on any atom is -0.375 e. The molecule has 0 spiro atoms. The van der Waals surface area contributed by atoms with Crippen molar-refractivity contribution in [3.05, 3.63) is 35.9 Å². The highest BCUT2D eigenvalue weighted by molar-refractivity contribution is 7.51. The maximum absolute atomic E-state index is 12.0. The molecule has 0 saturated carbocycles. The average molecular weight is 372 g/mol. The van der Waals surface area contributed by atoms with E-state index in [4.69, 9.17) is 8.43 Å². The van der Waals surface area contributed by atoms with Gasteiger partial charge in [0.25, 0.3) is 0 Å². The number of nitrogens with zero attached hydrogens (tertiary/aromatic N) is 1. The van der Waals surface area contributed by atoms with Crippen LogP contribution in [0.5, 0.6) is 0 Å². The van der Waals surface area contributed by atoms with E-state index in [2.05, 4.69) is 39.3 Å². The first-order valence-corrected chi connectivity index (χ1v) is 15.9. The first kappa shape index (κ1) is 20.5. The maximum atomic E-state index is 12.0. The van der Waals surface area contributed by atoms with Gasteiger partial charge in [-0.05, 0) is 44.8 Å². The molecule has 1 unspecified atom stereocenters. The number of carbonyl (C=O) groups is 1. The first-order valence-electron chi connectivity index (χ1n) is 7.86. The molecule has 0 bridgehead atoms. The van der Waals surface area contributed by atoms with Gasteiger partial charge in [0.2, 0.25) is 5.91 Å². The third-order valence-corrected chi connectivity index (χ3v) is 9.75. The highest BCUT2D eigenvalue weighted by atomic mass is 31.2. The van der Waals surface area contributed by atoms with Gasteiger partial charge in [-0.3, -0.25) is 4.79 Å². The molecule has 0 aromatic heterocycles. The highest BCUT2D eigenvalue weighted by Crippen LogP contribution is 2.57. The van der Waals surface area contributed by atoms with Crippen molar-refractivity contribution in [3.8, 4) is 0 Å². The van der Waals surface area contributed by atoms with Gasteiger partial charge in [-0.2, -0.15) is 0 Å². The van der Waals surface area contributed by atoms with E-state index >= 15 is 0 Å². The van der Waals surface area contributed by atoms with Crippen LogP contribution in [0.1, 0.15) is 18.3 Å². The molecule has 0 fully saturated rings. The summed E-state index contributed by atoms with van der Waals surface area (Å²) in [6.07, 6.45) is 0. The lowest BCUT2D eigenvalue weighted by molar-refractivity contribution is -0.128. The Morgan fingerprint density at radius 3 is 1.78 bits per heavy atom. The summed E-state index contributed by atoms with van der Waals surface area (Å²) in [4.78, 5) is 13.8. The lowest BCUT2D eigenvalue weighted by Crippen LogP contribution is -2.35. The molecule has 4 nitrogen and oxygen atoms in total. The molecule has 0 aliphatic heterocycles. The lowest BCUT2D eigenvalue weighted by Gasteiger charge is -2.39. The summed E-state index contributed by atoms with van der Waals surface area (Å²) in [6, 6.07) is 10.1. The van der Waals surface area contributed by atoms with Crippen LogP contribution in [-0.4, -0.2) is 34.5 Å². The molecule has 7 heteroatoms. The zero-order chi connectivity index (χ0) is 17.8. The third-order valence-electron chi connectivity index (χ3n) is 2.89. The van der Waals surface area contributed by atoms with Crippen LogP contribution < -0.4 is 0 Å². The Bertz CT molecular complexity index is 498. The van der Waals surface area contributed by atoms with Gasteiger partial charge < -0.3 is 13.3 Å². The number of benzene rings is 1. The van der Waals surface area contributed by atoms with Crippen LogP contribution >= 0.6 is 8.38 Å². The second kappa shape index (κ2) is 8.03. The molecule has 1 amide bonds. The van der Waals surface area contributed by atoms with E-state index in [1.165, 1.54) is 0 Å². The average Bonchev–Trinajstić information content (AvgIpc) is 2.36. The highest BCUT2D eigenvalue weighted by Gasteiger charge is 2.37. The van der Waals surface area contributed by atoms with Crippen LogP contribution in [0.15, 0.2) is 30.3 Å². The molecule has 1 atom stereocenters. The van der Waals surface area contributed by atoms with Crippen molar-refractivity contribution in [2.75, 3.05) is 7.05 Å². The van der Waals surface area contributed by atoms with Crippen molar-refractivity contribution in [1.29, 1.82) is 0 Å². The molecule has 1 aromatic rings. The Labute approximate surface area is 144 Å². The maximum Gasteiger partial charge on any atom is 0.220 e.